The van der Waals surface area contributed by atoms with Gasteiger partial charge in [0.05, 0.1) is 0 Å². The molecule has 1 heterocycles. The molecular weight excluding hydrogens is 190 g/mol. The summed E-state index contributed by atoms with van der Waals surface area (Å²) in [5, 5.41) is 11.3. The predicted octanol–water partition coefficient (Wildman–Crippen LogP) is 0.846. The third kappa shape index (κ3) is 2.12. The van der Waals surface area contributed by atoms with E-state index in [1.165, 1.54) is 5.56 Å². The summed E-state index contributed by atoms with van der Waals surface area (Å²) in [6.07, 6.45) is 0. The van der Waals surface area contributed by atoms with Crippen molar-refractivity contribution in [1.82, 2.24) is 20.2 Å². The SMILES string of the molecule is CN(Cc1ccccc1)c1nnnn1C. The molecule has 0 saturated heterocycles. The minimum absolute atomic E-state index is 0.763. The Kier molecular flexibility index (Phi) is 2.62. The minimum Gasteiger partial charge on any atom is -0.338 e. The van der Waals surface area contributed by atoms with Crippen LogP contribution in [0, 0.1) is 0 Å². The molecule has 0 aliphatic heterocycles. The van der Waals surface area contributed by atoms with Crippen LogP contribution in [0.4, 0.5) is 5.95 Å². The zero-order chi connectivity index (χ0) is 10.7. The first-order chi connectivity index (χ1) is 7.27. The van der Waals surface area contributed by atoms with Crippen LogP contribution in [0.15, 0.2) is 30.3 Å². The van der Waals surface area contributed by atoms with Gasteiger partial charge in [0.25, 0.3) is 0 Å². The van der Waals surface area contributed by atoms with Gasteiger partial charge in [0.15, 0.2) is 0 Å². The summed E-state index contributed by atoms with van der Waals surface area (Å²) in [5.41, 5.74) is 1.24. The fourth-order valence-corrected chi connectivity index (χ4v) is 1.48. The van der Waals surface area contributed by atoms with E-state index in [0.29, 0.717) is 0 Å². The van der Waals surface area contributed by atoms with Gasteiger partial charge in [0.2, 0.25) is 5.95 Å². The normalized spacial score (nSPS) is 10.3. The number of nitrogens with zero attached hydrogens (tertiary/aromatic N) is 5. The highest BCUT2D eigenvalue weighted by atomic mass is 15.6. The molecule has 0 fully saturated rings. The van der Waals surface area contributed by atoms with Gasteiger partial charge < -0.3 is 4.90 Å². The van der Waals surface area contributed by atoms with Crippen LogP contribution in [0.5, 0.6) is 0 Å². The number of benzene rings is 1. The number of anilines is 1. The highest BCUT2D eigenvalue weighted by molar-refractivity contribution is 5.29. The molecule has 0 N–H and O–H groups in total. The summed E-state index contributed by atoms with van der Waals surface area (Å²) in [6.45, 7) is 0.801. The molecule has 0 atom stereocenters. The lowest BCUT2D eigenvalue weighted by atomic mass is 10.2. The number of hydrogen-bond donors (Lipinski definition) is 0. The van der Waals surface area contributed by atoms with Crippen molar-refractivity contribution in [3.05, 3.63) is 35.9 Å². The van der Waals surface area contributed by atoms with E-state index in [2.05, 4.69) is 27.7 Å². The molecule has 0 spiro atoms. The first-order valence-corrected chi connectivity index (χ1v) is 4.75. The molecule has 2 rings (SSSR count). The first kappa shape index (κ1) is 9.64. The Labute approximate surface area is 88.3 Å². The number of rotatable bonds is 3. The average molecular weight is 203 g/mol. The van der Waals surface area contributed by atoms with Crippen LogP contribution >= 0.6 is 0 Å². The fourth-order valence-electron chi connectivity index (χ4n) is 1.48. The molecule has 0 unspecified atom stereocenters. The van der Waals surface area contributed by atoms with E-state index < -0.39 is 0 Å². The molecule has 0 saturated carbocycles. The Hall–Kier alpha value is -1.91. The molecule has 0 amide bonds. The quantitative estimate of drug-likeness (QED) is 0.741. The van der Waals surface area contributed by atoms with E-state index in [0.717, 1.165) is 12.5 Å². The van der Waals surface area contributed by atoms with Crippen LogP contribution in [0.2, 0.25) is 0 Å². The van der Waals surface area contributed by atoms with Crippen molar-refractivity contribution in [2.24, 2.45) is 7.05 Å². The Balaban J connectivity index is 2.11. The highest BCUT2D eigenvalue weighted by Crippen LogP contribution is 2.09. The molecular formula is C10H13N5. The topological polar surface area (TPSA) is 46.8 Å². The second-order valence-corrected chi connectivity index (χ2v) is 3.44. The van der Waals surface area contributed by atoms with Gasteiger partial charge in [-0.2, -0.15) is 0 Å². The maximum absolute atomic E-state index is 3.94. The van der Waals surface area contributed by atoms with Gasteiger partial charge in [-0.25, -0.2) is 4.68 Å². The molecule has 2 aromatic rings. The second-order valence-electron chi connectivity index (χ2n) is 3.44. The largest absolute Gasteiger partial charge is 0.338 e. The van der Waals surface area contributed by atoms with Crippen LogP contribution in [0.1, 0.15) is 5.56 Å². The van der Waals surface area contributed by atoms with E-state index in [1.807, 2.05) is 37.2 Å². The average Bonchev–Trinajstić information content (AvgIpc) is 2.66. The van der Waals surface area contributed by atoms with E-state index in [1.54, 1.807) is 4.68 Å². The zero-order valence-electron chi connectivity index (χ0n) is 8.83. The lowest BCUT2D eigenvalue weighted by Gasteiger charge is -2.16. The fraction of sp³-hybridized carbons (Fsp3) is 0.300. The molecule has 5 nitrogen and oxygen atoms in total. The minimum atomic E-state index is 0.763. The summed E-state index contributed by atoms with van der Waals surface area (Å²) in [6, 6.07) is 10.2. The molecule has 0 aliphatic carbocycles. The molecule has 0 aliphatic rings. The van der Waals surface area contributed by atoms with E-state index in [-0.39, 0.29) is 0 Å². The van der Waals surface area contributed by atoms with Crippen LogP contribution in [0.3, 0.4) is 0 Å². The van der Waals surface area contributed by atoms with Crippen molar-refractivity contribution < 1.29 is 0 Å². The van der Waals surface area contributed by atoms with Crippen LogP contribution in [-0.2, 0) is 13.6 Å². The molecule has 5 heteroatoms. The lowest BCUT2D eigenvalue weighted by molar-refractivity contribution is 0.696. The van der Waals surface area contributed by atoms with E-state index in [9.17, 15) is 0 Å². The molecule has 0 radical (unpaired) electrons. The summed E-state index contributed by atoms with van der Waals surface area (Å²) < 4.78 is 1.66. The van der Waals surface area contributed by atoms with Crippen LogP contribution in [-0.4, -0.2) is 27.3 Å². The lowest BCUT2D eigenvalue weighted by Crippen LogP contribution is -2.20. The summed E-state index contributed by atoms with van der Waals surface area (Å²) >= 11 is 0. The highest BCUT2D eigenvalue weighted by Gasteiger charge is 2.07. The maximum Gasteiger partial charge on any atom is 0.245 e. The summed E-state index contributed by atoms with van der Waals surface area (Å²) in [4.78, 5) is 2.01. The van der Waals surface area contributed by atoms with E-state index >= 15 is 0 Å². The molecule has 15 heavy (non-hydrogen) atoms. The van der Waals surface area contributed by atoms with E-state index in [4.69, 9.17) is 0 Å². The number of hydrogen-bond acceptors (Lipinski definition) is 4. The zero-order valence-corrected chi connectivity index (χ0v) is 8.83. The number of aromatic nitrogens is 4. The Morgan fingerprint density at radius 3 is 2.60 bits per heavy atom. The second kappa shape index (κ2) is 4.08. The number of tetrazole rings is 1. The third-order valence-electron chi connectivity index (χ3n) is 2.20. The Morgan fingerprint density at radius 2 is 2.00 bits per heavy atom. The number of aryl methyl sites for hydroxylation is 1. The Morgan fingerprint density at radius 1 is 1.27 bits per heavy atom. The third-order valence-corrected chi connectivity index (χ3v) is 2.20. The smallest absolute Gasteiger partial charge is 0.245 e. The van der Waals surface area contributed by atoms with Crippen LogP contribution in [0.25, 0.3) is 0 Å². The van der Waals surface area contributed by atoms with Gasteiger partial charge in [-0.15, -0.1) is 0 Å². The molecule has 0 bridgehead atoms. The Bertz CT molecular complexity index is 422. The monoisotopic (exact) mass is 203 g/mol. The van der Waals surface area contributed by atoms with Crippen molar-refractivity contribution in [1.29, 1.82) is 0 Å². The van der Waals surface area contributed by atoms with Crippen LogP contribution < -0.4 is 4.90 Å². The van der Waals surface area contributed by atoms with Gasteiger partial charge in [-0.1, -0.05) is 35.4 Å². The summed E-state index contributed by atoms with van der Waals surface area (Å²) in [5.74, 6) is 0.763. The maximum atomic E-state index is 3.94. The molecule has 78 valence electrons. The molecule has 1 aromatic heterocycles. The van der Waals surface area contributed by atoms with Crippen molar-refractivity contribution in [3.8, 4) is 0 Å². The van der Waals surface area contributed by atoms with Gasteiger partial charge in [0.1, 0.15) is 0 Å². The van der Waals surface area contributed by atoms with Crippen molar-refractivity contribution in [2.75, 3.05) is 11.9 Å². The van der Waals surface area contributed by atoms with Gasteiger partial charge in [0, 0.05) is 20.6 Å². The van der Waals surface area contributed by atoms with Crippen molar-refractivity contribution in [3.63, 3.8) is 0 Å². The van der Waals surface area contributed by atoms with Crippen molar-refractivity contribution >= 4 is 5.95 Å². The van der Waals surface area contributed by atoms with Gasteiger partial charge >= 0.3 is 0 Å². The van der Waals surface area contributed by atoms with Gasteiger partial charge in [-0.3, -0.25) is 0 Å². The van der Waals surface area contributed by atoms with Gasteiger partial charge in [-0.05, 0) is 16.0 Å². The van der Waals surface area contributed by atoms with Crippen molar-refractivity contribution in [2.45, 2.75) is 6.54 Å². The molecule has 1 aromatic carbocycles. The first-order valence-electron chi connectivity index (χ1n) is 4.75. The standard InChI is InChI=1S/C10H13N5/c1-14(10-11-12-13-15(10)2)8-9-6-4-3-5-7-9/h3-7H,8H2,1-2H3. The summed E-state index contributed by atoms with van der Waals surface area (Å²) in [7, 11) is 3.80. The predicted molar refractivity (Wildman–Crippen MR) is 57.3 cm³/mol.